The second-order valence-corrected chi connectivity index (χ2v) is 8.02. The van der Waals surface area contributed by atoms with Gasteiger partial charge >= 0.3 is 0 Å². The van der Waals surface area contributed by atoms with Crippen LogP contribution in [0.5, 0.6) is 11.5 Å². The molecule has 6 heteroatoms. The Morgan fingerprint density at radius 3 is 2.36 bits per heavy atom. The van der Waals surface area contributed by atoms with Crippen LogP contribution >= 0.6 is 39.1 Å². The second-order valence-electron chi connectivity index (χ2n) is 6.35. The molecule has 0 saturated carbocycles. The summed E-state index contributed by atoms with van der Waals surface area (Å²) in [7, 11) is 1.64. The summed E-state index contributed by atoms with van der Waals surface area (Å²) in [6, 6.07) is 17.6. The van der Waals surface area contributed by atoms with Crippen LogP contribution in [-0.2, 0) is 13.2 Å². The quantitative estimate of drug-likeness (QED) is 0.385. The van der Waals surface area contributed by atoms with Crippen molar-refractivity contribution in [3.63, 3.8) is 0 Å². The molecule has 0 bridgehead atoms. The van der Waals surface area contributed by atoms with Gasteiger partial charge in [-0.05, 0) is 48.4 Å². The molecule has 0 aliphatic rings. The molecule has 0 amide bonds. The zero-order valence-corrected chi connectivity index (χ0v) is 18.7. The van der Waals surface area contributed by atoms with Crippen LogP contribution in [-0.4, -0.2) is 7.11 Å². The van der Waals surface area contributed by atoms with E-state index in [0.29, 0.717) is 34.7 Å². The average Bonchev–Trinajstić information content (AvgIpc) is 2.69. The third kappa shape index (κ3) is 5.34. The summed E-state index contributed by atoms with van der Waals surface area (Å²) in [5, 5.41) is 4.38. The minimum Gasteiger partial charge on any atom is -0.493 e. The Balaban J connectivity index is 1.71. The summed E-state index contributed by atoms with van der Waals surface area (Å²) in [6.07, 6.45) is 0. The Bertz CT molecular complexity index is 961. The zero-order valence-electron chi connectivity index (χ0n) is 15.6. The van der Waals surface area contributed by atoms with Crippen molar-refractivity contribution in [3.8, 4) is 11.5 Å². The first-order chi connectivity index (χ1) is 13.5. The highest BCUT2D eigenvalue weighted by Gasteiger charge is 2.11. The number of benzene rings is 3. The lowest BCUT2D eigenvalue weighted by molar-refractivity contribution is 0.284. The average molecular weight is 481 g/mol. The third-order valence-electron chi connectivity index (χ3n) is 4.25. The van der Waals surface area contributed by atoms with Crippen molar-refractivity contribution >= 4 is 44.8 Å². The van der Waals surface area contributed by atoms with Gasteiger partial charge in [0.05, 0.1) is 17.2 Å². The molecular formula is C22H20BrCl2NO2. The molecule has 0 heterocycles. The molecule has 0 saturated heterocycles. The fourth-order valence-electron chi connectivity index (χ4n) is 2.63. The number of ether oxygens (including phenoxy) is 2. The van der Waals surface area contributed by atoms with Gasteiger partial charge in [-0.1, -0.05) is 69.0 Å². The van der Waals surface area contributed by atoms with E-state index in [0.717, 1.165) is 21.3 Å². The fraction of sp³-hybridized carbons (Fsp3) is 0.182. The van der Waals surface area contributed by atoms with E-state index in [1.165, 1.54) is 5.56 Å². The van der Waals surface area contributed by atoms with E-state index in [1.807, 2.05) is 18.2 Å². The number of hydrogen-bond donors (Lipinski definition) is 1. The van der Waals surface area contributed by atoms with Gasteiger partial charge in [-0.15, -0.1) is 0 Å². The van der Waals surface area contributed by atoms with Gasteiger partial charge in [-0.2, -0.15) is 0 Å². The first kappa shape index (κ1) is 20.8. The highest BCUT2D eigenvalue weighted by atomic mass is 79.9. The van der Waals surface area contributed by atoms with Crippen molar-refractivity contribution in [2.75, 3.05) is 12.4 Å². The molecule has 0 aliphatic carbocycles. The highest BCUT2D eigenvalue weighted by Crippen LogP contribution is 2.35. The van der Waals surface area contributed by atoms with Crippen LogP contribution in [0.4, 0.5) is 5.69 Å². The van der Waals surface area contributed by atoms with Crippen LogP contribution in [0, 0.1) is 6.92 Å². The first-order valence-electron chi connectivity index (χ1n) is 8.70. The summed E-state index contributed by atoms with van der Waals surface area (Å²) >= 11 is 15.7. The first-order valence-corrected chi connectivity index (χ1v) is 10.2. The molecular weight excluding hydrogens is 461 g/mol. The summed E-state index contributed by atoms with van der Waals surface area (Å²) in [5.74, 6) is 1.37. The van der Waals surface area contributed by atoms with Crippen LogP contribution in [0.25, 0.3) is 0 Å². The van der Waals surface area contributed by atoms with E-state index in [9.17, 15) is 0 Å². The molecule has 1 N–H and O–H groups in total. The maximum absolute atomic E-state index is 6.07. The summed E-state index contributed by atoms with van der Waals surface area (Å²) in [6.45, 7) is 3.13. The topological polar surface area (TPSA) is 30.5 Å². The molecule has 28 heavy (non-hydrogen) atoms. The van der Waals surface area contributed by atoms with Crippen molar-refractivity contribution in [2.45, 2.75) is 20.1 Å². The highest BCUT2D eigenvalue weighted by molar-refractivity contribution is 9.10. The van der Waals surface area contributed by atoms with Crippen molar-refractivity contribution in [1.29, 1.82) is 0 Å². The van der Waals surface area contributed by atoms with Crippen LogP contribution in [0.15, 0.2) is 59.1 Å². The van der Waals surface area contributed by atoms with Gasteiger partial charge in [0.25, 0.3) is 0 Å². The van der Waals surface area contributed by atoms with E-state index >= 15 is 0 Å². The maximum atomic E-state index is 6.07. The predicted molar refractivity (Wildman–Crippen MR) is 120 cm³/mol. The number of anilines is 1. The van der Waals surface area contributed by atoms with Crippen LogP contribution in [0.3, 0.4) is 0 Å². The van der Waals surface area contributed by atoms with Crippen LogP contribution in [0.1, 0.15) is 16.7 Å². The van der Waals surface area contributed by atoms with Gasteiger partial charge in [-0.25, -0.2) is 0 Å². The van der Waals surface area contributed by atoms with Crippen molar-refractivity contribution < 1.29 is 9.47 Å². The number of aryl methyl sites for hydroxylation is 1. The number of halogens is 3. The van der Waals surface area contributed by atoms with Gasteiger partial charge in [0.15, 0.2) is 11.5 Å². The molecule has 3 nitrogen and oxygen atoms in total. The van der Waals surface area contributed by atoms with Gasteiger partial charge < -0.3 is 14.8 Å². The molecule has 146 valence electrons. The number of methoxy groups -OCH3 is 1. The maximum Gasteiger partial charge on any atom is 0.162 e. The van der Waals surface area contributed by atoms with Gasteiger partial charge in [0, 0.05) is 16.7 Å². The SMILES string of the molecule is COc1cc(CNc2ccc(Cl)c(Cl)c2)c(Br)cc1OCc1ccc(C)cc1. The Labute approximate surface area is 183 Å². The molecule has 3 rings (SSSR count). The summed E-state index contributed by atoms with van der Waals surface area (Å²) < 4.78 is 12.4. The minimum absolute atomic E-state index is 0.476. The fourth-order valence-corrected chi connectivity index (χ4v) is 3.39. The summed E-state index contributed by atoms with van der Waals surface area (Å²) in [4.78, 5) is 0. The Morgan fingerprint density at radius 1 is 0.929 bits per heavy atom. The van der Waals surface area contributed by atoms with E-state index in [1.54, 1.807) is 19.2 Å². The molecule has 0 spiro atoms. The summed E-state index contributed by atoms with van der Waals surface area (Å²) in [5.41, 5.74) is 4.25. The van der Waals surface area contributed by atoms with E-state index in [4.69, 9.17) is 32.7 Å². The van der Waals surface area contributed by atoms with Gasteiger partial charge in [-0.3, -0.25) is 0 Å². The molecule has 0 fully saturated rings. The number of hydrogen-bond acceptors (Lipinski definition) is 3. The zero-order chi connectivity index (χ0) is 20.1. The predicted octanol–water partition coefficient (Wildman–Crippen LogP) is 7.26. The van der Waals surface area contributed by atoms with Crippen molar-refractivity contribution in [1.82, 2.24) is 0 Å². The van der Waals surface area contributed by atoms with Crippen molar-refractivity contribution in [3.05, 3.63) is 85.8 Å². The van der Waals surface area contributed by atoms with E-state index in [2.05, 4.69) is 52.4 Å². The lowest BCUT2D eigenvalue weighted by Crippen LogP contribution is -2.03. The third-order valence-corrected chi connectivity index (χ3v) is 5.73. The lowest BCUT2D eigenvalue weighted by Gasteiger charge is -2.15. The van der Waals surface area contributed by atoms with E-state index < -0.39 is 0 Å². The van der Waals surface area contributed by atoms with Gasteiger partial charge in [0.2, 0.25) is 0 Å². The largest absolute Gasteiger partial charge is 0.493 e. The molecule has 0 unspecified atom stereocenters. The molecule has 3 aromatic carbocycles. The Morgan fingerprint density at radius 2 is 1.68 bits per heavy atom. The van der Waals surface area contributed by atoms with Crippen LogP contribution < -0.4 is 14.8 Å². The smallest absolute Gasteiger partial charge is 0.162 e. The second kappa shape index (κ2) is 9.55. The number of rotatable bonds is 7. The lowest BCUT2D eigenvalue weighted by atomic mass is 10.1. The molecule has 0 aliphatic heterocycles. The molecule has 0 radical (unpaired) electrons. The molecule has 3 aromatic rings. The van der Waals surface area contributed by atoms with Crippen LogP contribution in [0.2, 0.25) is 10.0 Å². The normalized spacial score (nSPS) is 10.6. The van der Waals surface area contributed by atoms with Crippen molar-refractivity contribution in [2.24, 2.45) is 0 Å². The number of nitrogens with one attached hydrogen (secondary N) is 1. The van der Waals surface area contributed by atoms with E-state index in [-0.39, 0.29) is 0 Å². The molecule has 0 atom stereocenters. The Hall–Kier alpha value is -1.88. The Kier molecular flexibility index (Phi) is 7.11. The monoisotopic (exact) mass is 479 g/mol. The van der Waals surface area contributed by atoms with Gasteiger partial charge in [0.1, 0.15) is 6.61 Å². The minimum atomic E-state index is 0.476. The molecule has 0 aromatic heterocycles. The standard InChI is InChI=1S/C22H20BrCl2NO2/c1-14-3-5-15(6-4-14)13-28-22-11-18(23)16(9-21(22)27-2)12-26-17-7-8-19(24)20(25)10-17/h3-11,26H,12-13H2,1-2H3.